The zero-order valence-corrected chi connectivity index (χ0v) is 15.9. The predicted octanol–water partition coefficient (Wildman–Crippen LogP) is 3.11. The van der Waals surface area contributed by atoms with Crippen LogP contribution in [0.2, 0.25) is 0 Å². The van der Waals surface area contributed by atoms with Crippen LogP contribution in [0.25, 0.3) is 0 Å². The second-order valence-electron chi connectivity index (χ2n) is 6.86. The number of amides is 1. The quantitative estimate of drug-likeness (QED) is 0.207. The van der Waals surface area contributed by atoms with Crippen LogP contribution in [0.1, 0.15) is 19.4 Å². The van der Waals surface area contributed by atoms with Crippen LogP contribution in [0.5, 0.6) is 0 Å². The highest BCUT2D eigenvalue weighted by Gasteiger charge is 2.32. The molecule has 0 fully saturated rings. The SMILES string of the molecule is CC(C)(C(=O)Nc1ccn(Cc2c(F)c(F)c(F)c(F)c2F)n1)n1cc([N+](=O)[O-])cn1. The maximum Gasteiger partial charge on any atom is 0.307 e. The summed E-state index contributed by atoms with van der Waals surface area (Å²) in [7, 11) is 0. The standard InChI is InChI=1S/C17H13F5N6O3/c1-17(2,27-6-8(5-23-27)28(30)31)16(29)24-10-3-4-26(25-10)7-9-11(18)13(20)15(22)14(21)12(9)19/h3-6H,7H2,1-2H3,(H,24,25,29). The molecule has 0 bridgehead atoms. The van der Waals surface area contributed by atoms with Crippen LogP contribution >= 0.6 is 0 Å². The Kier molecular flexibility index (Phi) is 5.48. The van der Waals surface area contributed by atoms with Crippen LogP contribution in [0, 0.1) is 39.2 Å². The number of nitrogens with one attached hydrogen (secondary N) is 1. The van der Waals surface area contributed by atoms with E-state index in [1.807, 2.05) is 0 Å². The molecule has 9 nitrogen and oxygen atoms in total. The summed E-state index contributed by atoms with van der Waals surface area (Å²) < 4.78 is 69.4. The number of nitrogens with zero attached hydrogens (tertiary/aromatic N) is 5. The summed E-state index contributed by atoms with van der Waals surface area (Å²) in [6.45, 7) is 2.05. The Morgan fingerprint density at radius 1 is 1.13 bits per heavy atom. The molecule has 0 aliphatic carbocycles. The van der Waals surface area contributed by atoms with E-state index in [1.54, 1.807) is 0 Å². The Morgan fingerprint density at radius 2 is 1.71 bits per heavy atom. The molecule has 0 unspecified atom stereocenters. The molecular formula is C17H13F5N6O3. The van der Waals surface area contributed by atoms with Gasteiger partial charge in [-0.25, -0.2) is 22.0 Å². The molecule has 2 aromatic heterocycles. The maximum absolute atomic E-state index is 13.8. The van der Waals surface area contributed by atoms with Gasteiger partial charge in [0.15, 0.2) is 29.1 Å². The van der Waals surface area contributed by atoms with Gasteiger partial charge >= 0.3 is 5.69 Å². The van der Waals surface area contributed by atoms with Crippen molar-refractivity contribution < 1.29 is 31.7 Å². The molecule has 3 aromatic rings. The molecule has 0 atom stereocenters. The van der Waals surface area contributed by atoms with Crippen LogP contribution in [0.15, 0.2) is 24.7 Å². The Hall–Kier alpha value is -3.84. The third-order valence-electron chi connectivity index (χ3n) is 4.41. The van der Waals surface area contributed by atoms with Crippen LogP contribution in [-0.2, 0) is 16.9 Å². The first-order valence-electron chi connectivity index (χ1n) is 8.48. The fourth-order valence-electron chi connectivity index (χ4n) is 2.55. The number of carbonyl (C=O) groups excluding carboxylic acids is 1. The predicted molar refractivity (Wildman–Crippen MR) is 94.4 cm³/mol. The van der Waals surface area contributed by atoms with Crippen molar-refractivity contribution in [3.05, 3.63) is 69.4 Å². The van der Waals surface area contributed by atoms with E-state index in [4.69, 9.17) is 0 Å². The van der Waals surface area contributed by atoms with Crippen molar-refractivity contribution in [3.8, 4) is 0 Å². The summed E-state index contributed by atoms with van der Waals surface area (Å²) in [5.74, 6) is -11.2. The van der Waals surface area contributed by atoms with Gasteiger partial charge in [0.2, 0.25) is 5.82 Å². The van der Waals surface area contributed by atoms with Crippen molar-refractivity contribution in [1.29, 1.82) is 0 Å². The number of rotatable bonds is 6. The first-order chi connectivity index (χ1) is 14.4. The lowest BCUT2D eigenvalue weighted by molar-refractivity contribution is -0.385. The number of benzene rings is 1. The van der Waals surface area contributed by atoms with Crippen LogP contribution in [0.3, 0.4) is 0 Å². The second kappa shape index (κ2) is 7.77. The average molecular weight is 444 g/mol. The van der Waals surface area contributed by atoms with Crippen molar-refractivity contribution in [2.45, 2.75) is 25.9 Å². The molecule has 0 radical (unpaired) electrons. The van der Waals surface area contributed by atoms with E-state index in [0.717, 1.165) is 28.0 Å². The first-order valence-corrected chi connectivity index (χ1v) is 8.48. The molecule has 31 heavy (non-hydrogen) atoms. The summed E-state index contributed by atoms with van der Waals surface area (Å²) in [5, 5.41) is 20.8. The van der Waals surface area contributed by atoms with Crippen LogP contribution in [-0.4, -0.2) is 30.4 Å². The second-order valence-corrected chi connectivity index (χ2v) is 6.86. The molecule has 14 heteroatoms. The van der Waals surface area contributed by atoms with Gasteiger partial charge in [-0.15, -0.1) is 0 Å². The molecule has 0 saturated carbocycles. The molecule has 0 aliphatic heterocycles. The van der Waals surface area contributed by atoms with Crippen molar-refractivity contribution >= 4 is 17.4 Å². The van der Waals surface area contributed by atoms with Crippen LogP contribution in [0.4, 0.5) is 33.5 Å². The highest BCUT2D eigenvalue weighted by Crippen LogP contribution is 2.24. The summed E-state index contributed by atoms with van der Waals surface area (Å²) in [4.78, 5) is 22.7. The Labute approximate surface area is 170 Å². The van der Waals surface area contributed by atoms with Crippen molar-refractivity contribution in [2.75, 3.05) is 5.32 Å². The topological polar surface area (TPSA) is 108 Å². The minimum absolute atomic E-state index is 0.0939. The molecule has 0 spiro atoms. The lowest BCUT2D eigenvalue weighted by Crippen LogP contribution is -2.40. The number of hydrogen-bond donors (Lipinski definition) is 1. The van der Waals surface area contributed by atoms with E-state index >= 15 is 0 Å². The molecule has 0 aliphatic rings. The molecule has 1 amide bonds. The molecule has 164 valence electrons. The van der Waals surface area contributed by atoms with Gasteiger partial charge in [0.1, 0.15) is 17.9 Å². The molecule has 3 rings (SSSR count). The zero-order valence-electron chi connectivity index (χ0n) is 15.9. The zero-order chi connectivity index (χ0) is 23.1. The summed E-state index contributed by atoms with van der Waals surface area (Å²) >= 11 is 0. The van der Waals surface area contributed by atoms with Crippen molar-refractivity contribution in [3.63, 3.8) is 0 Å². The number of halogens is 5. The molecule has 1 aromatic carbocycles. The van der Waals surface area contributed by atoms with E-state index in [0.29, 0.717) is 0 Å². The normalized spacial score (nSPS) is 11.6. The summed E-state index contributed by atoms with van der Waals surface area (Å²) in [6.07, 6.45) is 3.18. The Bertz CT molecular complexity index is 1160. The van der Waals surface area contributed by atoms with Crippen LogP contribution < -0.4 is 5.32 Å². The number of nitro groups is 1. The van der Waals surface area contributed by atoms with Gasteiger partial charge in [-0.1, -0.05) is 0 Å². The maximum atomic E-state index is 13.8. The van der Waals surface area contributed by atoms with E-state index in [1.165, 1.54) is 19.9 Å². The van der Waals surface area contributed by atoms with Crippen molar-refractivity contribution in [2.24, 2.45) is 0 Å². The monoisotopic (exact) mass is 444 g/mol. The highest BCUT2D eigenvalue weighted by molar-refractivity contribution is 5.95. The highest BCUT2D eigenvalue weighted by atomic mass is 19.2. The van der Waals surface area contributed by atoms with Gasteiger partial charge in [-0.05, 0) is 13.8 Å². The molecule has 2 heterocycles. The van der Waals surface area contributed by atoms with Gasteiger partial charge in [0.05, 0.1) is 17.0 Å². The van der Waals surface area contributed by atoms with Gasteiger partial charge in [-0.3, -0.25) is 24.3 Å². The lowest BCUT2D eigenvalue weighted by Gasteiger charge is -2.23. The van der Waals surface area contributed by atoms with Gasteiger partial charge in [0, 0.05) is 12.3 Å². The fourth-order valence-corrected chi connectivity index (χ4v) is 2.55. The third kappa shape index (κ3) is 3.95. The minimum atomic E-state index is -2.27. The lowest BCUT2D eigenvalue weighted by atomic mass is 10.1. The first kappa shape index (κ1) is 21.9. The fraction of sp³-hybridized carbons (Fsp3) is 0.235. The summed E-state index contributed by atoms with van der Waals surface area (Å²) in [6, 6.07) is 1.23. The molecule has 1 N–H and O–H groups in total. The third-order valence-corrected chi connectivity index (χ3v) is 4.41. The summed E-state index contributed by atoms with van der Waals surface area (Å²) in [5.41, 5.74) is -2.81. The number of hydrogen-bond acceptors (Lipinski definition) is 5. The number of carbonyl (C=O) groups is 1. The largest absolute Gasteiger partial charge is 0.307 e. The minimum Gasteiger partial charge on any atom is -0.307 e. The number of anilines is 1. The molecular weight excluding hydrogens is 431 g/mol. The Morgan fingerprint density at radius 3 is 2.26 bits per heavy atom. The molecule has 0 saturated heterocycles. The van der Waals surface area contributed by atoms with Gasteiger partial charge in [-0.2, -0.15) is 10.2 Å². The van der Waals surface area contributed by atoms with E-state index in [9.17, 15) is 36.9 Å². The smallest absolute Gasteiger partial charge is 0.307 e. The van der Waals surface area contributed by atoms with Gasteiger partial charge in [0.25, 0.3) is 5.91 Å². The average Bonchev–Trinajstić information content (AvgIpc) is 3.38. The van der Waals surface area contributed by atoms with E-state index in [-0.39, 0.29) is 11.5 Å². The number of aromatic nitrogens is 4. The van der Waals surface area contributed by atoms with E-state index in [2.05, 4.69) is 15.5 Å². The van der Waals surface area contributed by atoms with E-state index < -0.39 is 57.6 Å². The Balaban J connectivity index is 1.79. The van der Waals surface area contributed by atoms with Gasteiger partial charge < -0.3 is 5.32 Å². The van der Waals surface area contributed by atoms with Crippen molar-refractivity contribution in [1.82, 2.24) is 19.6 Å².